The van der Waals surface area contributed by atoms with Gasteiger partial charge >= 0.3 is 6.03 Å². The highest BCUT2D eigenvalue weighted by Gasteiger charge is 2.54. The maximum Gasteiger partial charge on any atom is 0.322 e. The molecule has 0 spiro atoms. The Balaban J connectivity index is 2.05. The second kappa shape index (κ2) is 4.62. The number of nitrogens with one attached hydrogen (secondary N) is 3. The molecule has 0 aliphatic carbocycles. The number of urea groups is 1. The number of amides is 3. The quantitative estimate of drug-likeness (QED) is 0.659. The zero-order valence-corrected chi connectivity index (χ0v) is 10.5. The lowest BCUT2D eigenvalue weighted by Crippen LogP contribution is -2.53. The summed E-state index contributed by atoms with van der Waals surface area (Å²) in [6, 6.07) is 5.00. The van der Waals surface area contributed by atoms with Crippen molar-refractivity contribution in [2.75, 3.05) is 13.1 Å². The summed E-state index contributed by atoms with van der Waals surface area (Å²) in [5.74, 6) is -0.224. The first-order chi connectivity index (χ1) is 9.23. The fraction of sp³-hybridized carbons (Fsp3) is 0.462. The highest BCUT2D eigenvalue weighted by Crippen LogP contribution is 2.36. The molecule has 0 bridgehead atoms. The van der Waals surface area contributed by atoms with E-state index < -0.39 is 11.6 Å². The van der Waals surface area contributed by atoms with Crippen LogP contribution < -0.4 is 16.0 Å². The van der Waals surface area contributed by atoms with Gasteiger partial charge in [0.1, 0.15) is 0 Å². The summed E-state index contributed by atoms with van der Waals surface area (Å²) in [7, 11) is 0. The van der Waals surface area contributed by atoms with Crippen molar-refractivity contribution in [3.63, 3.8) is 0 Å². The average Bonchev–Trinajstić information content (AvgIpc) is 2.76. The van der Waals surface area contributed by atoms with E-state index in [1.807, 2.05) is 6.07 Å². The Morgan fingerprint density at radius 3 is 2.58 bits per heavy atom. The number of imide groups is 1. The van der Waals surface area contributed by atoms with Gasteiger partial charge in [-0.15, -0.1) is 0 Å². The van der Waals surface area contributed by atoms with Gasteiger partial charge in [0, 0.05) is 6.20 Å². The van der Waals surface area contributed by atoms with E-state index in [0.29, 0.717) is 5.69 Å². The molecule has 0 saturated carbocycles. The number of nitrogens with zero attached hydrogens (tertiary/aromatic N) is 1. The van der Waals surface area contributed by atoms with Crippen LogP contribution in [0.4, 0.5) is 4.79 Å². The Kier molecular flexibility index (Phi) is 2.94. The summed E-state index contributed by atoms with van der Waals surface area (Å²) in [4.78, 5) is 28.2. The van der Waals surface area contributed by atoms with Gasteiger partial charge in [0.2, 0.25) is 0 Å². The molecule has 0 aromatic carbocycles. The van der Waals surface area contributed by atoms with Crippen LogP contribution in [0.25, 0.3) is 0 Å². The fourth-order valence-electron chi connectivity index (χ4n) is 3.00. The predicted octanol–water partition coefficient (Wildman–Crippen LogP) is 0.116. The molecule has 3 rings (SSSR count). The summed E-state index contributed by atoms with van der Waals surface area (Å²) in [5.41, 5.74) is -0.397. The maximum absolute atomic E-state index is 12.4. The first-order valence-corrected chi connectivity index (χ1v) is 6.49. The first kappa shape index (κ1) is 12.1. The van der Waals surface area contributed by atoms with Crippen LogP contribution in [-0.4, -0.2) is 30.0 Å². The number of hydrogen-bond acceptors (Lipinski definition) is 4. The standard InChI is InChI=1S/C13H16N4O2/c18-11-13(17-12(19)16-11,9-4-7-14-8-5-9)10-3-1-2-6-15-10/h1-3,6,9,14H,4-5,7-8H2,(H2,16,17,18,19). The van der Waals surface area contributed by atoms with Gasteiger partial charge in [-0.2, -0.15) is 0 Å². The van der Waals surface area contributed by atoms with Gasteiger partial charge in [0.05, 0.1) is 5.69 Å². The van der Waals surface area contributed by atoms with Crippen LogP contribution in [0.2, 0.25) is 0 Å². The number of pyridine rings is 1. The number of hydrogen-bond donors (Lipinski definition) is 3. The molecule has 1 aromatic heterocycles. The summed E-state index contributed by atoms with van der Waals surface area (Å²) in [6.07, 6.45) is 3.32. The molecule has 2 fully saturated rings. The topological polar surface area (TPSA) is 83.1 Å². The van der Waals surface area contributed by atoms with E-state index in [1.54, 1.807) is 18.3 Å². The molecule has 3 N–H and O–H groups in total. The Hall–Kier alpha value is -1.95. The second-order valence-corrected chi connectivity index (χ2v) is 4.96. The van der Waals surface area contributed by atoms with Crippen molar-refractivity contribution in [1.29, 1.82) is 0 Å². The monoisotopic (exact) mass is 260 g/mol. The number of carbonyl (C=O) groups is 2. The van der Waals surface area contributed by atoms with Crippen molar-refractivity contribution in [1.82, 2.24) is 20.9 Å². The zero-order valence-electron chi connectivity index (χ0n) is 10.5. The van der Waals surface area contributed by atoms with E-state index >= 15 is 0 Å². The number of piperidine rings is 1. The first-order valence-electron chi connectivity index (χ1n) is 6.49. The van der Waals surface area contributed by atoms with Gasteiger partial charge in [0.25, 0.3) is 5.91 Å². The molecule has 1 atom stereocenters. The third kappa shape index (κ3) is 1.88. The zero-order chi connectivity index (χ0) is 13.3. The van der Waals surface area contributed by atoms with Gasteiger partial charge in [0.15, 0.2) is 5.54 Å². The molecule has 2 aliphatic heterocycles. The lowest BCUT2D eigenvalue weighted by atomic mass is 9.75. The van der Waals surface area contributed by atoms with Crippen LogP contribution in [0.15, 0.2) is 24.4 Å². The summed E-state index contributed by atoms with van der Waals surface area (Å²) < 4.78 is 0. The van der Waals surface area contributed by atoms with Crippen molar-refractivity contribution < 1.29 is 9.59 Å². The van der Waals surface area contributed by atoms with E-state index in [-0.39, 0.29) is 11.8 Å². The number of rotatable bonds is 2. The molecule has 6 nitrogen and oxygen atoms in total. The van der Waals surface area contributed by atoms with Gasteiger partial charge in [-0.05, 0) is 44.0 Å². The normalized spacial score (nSPS) is 28.0. The molecular formula is C13H16N4O2. The van der Waals surface area contributed by atoms with Crippen molar-refractivity contribution in [2.45, 2.75) is 18.4 Å². The van der Waals surface area contributed by atoms with Crippen LogP contribution in [0.5, 0.6) is 0 Å². The van der Waals surface area contributed by atoms with Gasteiger partial charge in [-0.1, -0.05) is 6.07 Å². The minimum Gasteiger partial charge on any atom is -0.318 e. The predicted molar refractivity (Wildman–Crippen MR) is 68.2 cm³/mol. The minimum atomic E-state index is -1.01. The van der Waals surface area contributed by atoms with Crippen LogP contribution >= 0.6 is 0 Å². The molecule has 1 aromatic rings. The van der Waals surface area contributed by atoms with Crippen LogP contribution in [-0.2, 0) is 10.3 Å². The summed E-state index contributed by atoms with van der Waals surface area (Å²) in [5, 5.41) is 8.44. The smallest absolute Gasteiger partial charge is 0.318 e. The van der Waals surface area contributed by atoms with E-state index in [0.717, 1.165) is 25.9 Å². The highest BCUT2D eigenvalue weighted by molar-refractivity contribution is 6.07. The van der Waals surface area contributed by atoms with Gasteiger partial charge in [-0.25, -0.2) is 4.79 Å². The van der Waals surface area contributed by atoms with Crippen LogP contribution in [0, 0.1) is 5.92 Å². The van der Waals surface area contributed by atoms with Crippen molar-refractivity contribution >= 4 is 11.9 Å². The van der Waals surface area contributed by atoms with E-state index in [1.165, 1.54) is 0 Å². The SMILES string of the molecule is O=C1NC(=O)C(c2ccccn2)(C2CCNCC2)N1. The molecule has 1 unspecified atom stereocenters. The van der Waals surface area contributed by atoms with Crippen molar-refractivity contribution in [3.8, 4) is 0 Å². The molecule has 6 heteroatoms. The largest absolute Gasteiger partial charge is 0.322 e. The minimum absolute atomic E-state index is 0.0649. The number of aromatic nitrogens is 1. The second-order valence-electron chi connectivity index (χ2n) is 4.96. The van der Waals surface area contributed by atoms with E-state index in [9.17, 15) is 9.59 Å². The van der Waals surface area contributed by atoms with Gasteiger partial charge < -0.3 is 10.6 Å². The molecule has 2 saturated heterocycles. The summed E-state index contributed by atoms with van der Waals surface area (Å²) in [6.45, 7) is 1.70. The van der Waals surface area contributed by atoms with E-state index in [2.05, 4.69) is 20.9 Å². The third-order valence-corrected chi connectivity index (χ3v) is 3.92. The number of carbonyl (C=O) groups excluding carboxylic acids is 2. The molecule has 19 heavy (non-hydrogen) atoms. The van der Waals surface area contributed by atoms with Gasteiger partial charge in [-0.3, -0.25) is 15.1 Å². The molecule has 0 radical (unpaired) electrons. The lowest BCUT2D eigenvalue weighted by molar-refractivity contribution is -0.127. The average molecular weight is 260 g/mol. The lowest BCUT2D eigenvalue weighted by Gasteiger charge is -2.36. The highest BCUT2D eigenvalue weighted by atomic mass is 16.2. The Bertz CT molecular complexity index is 499. The Labute approximate surface area is 111 Å². The molecular weight excluding hydrogens is 244 g/mol. The Morgan fingerprint density at radius 2 is 2.00 bits per heavy atom. The fourth-order valence-corrected chi connectivity index (χ4v) is 3.00. The Morgan fingerprint density at radius 1 is 1.21 bits per heavy atom. The van der Waals surface area contributed by atoms with Crippen LogP contribution in [0.3, 0.4) is 0 Å². The molecule has 100 valence electrons. The van der Waals surface area contributed by atoms with Crippen molar-refractivity contribution in [2.24, 2.45) is 5.92 Å². The molecule has 3 amide bonds. The van der Waals surface area contributed by atoms with Crippen LogP contribution in [0.1, 0.15) is 18.5 Å². The summed E-state index contributed by atoms with van der Waals surface area (Å²) >= 11 is 0. The molecule has 2 aliphatic rings. The van der Waals surface area contributed by atoms with E-state index in [4.69, 9.17) is 0 Å². The third-order valence-electron chi connectivity index (χ3n) is 3.92. The maximum atomic E-state index is 12.4. The molecule has 3 heterocycles. The van der Waals surface area contributed by atoms with Crippen molar-refractivity contribution in [3.05, 3.63) is 30.1 Å².